The minimum atomic E-state index is -0.762. The van der Waals surface area contributed by atoms with E-state index in [4.69, 9.17) is 0 Å². The Kier molecular flexibility index (Phi) is 4.69. The Labute approximate surface area is 71.7 Å². The zero-order chi connectivity index (χ0) is 9.56. The van der Waals surface area contributed by atoms with Gasteiger partial charge in [0.2, 0.25) is 0 Å². The third-order valence-corrected chi connectivity index (χ3v) is 1.32. The van der Waals surface area contributed by atoms with Crippen LogP contribution in [0.5, 0.6) is 0 Å². The van der Waals surface area contributed by atoms with E-state index in [9.17, 15) is 9.59 Å². The van der Waals surface area contributed by atoms with Gasteiger partial charge in [-0.15, -0.1) is 0 Å². The standard InChI is InChI=1S/C9H12O3/c1-4-6-12-9(11)7(3)8(10)5-2/h4-5,7H,1-2,6H2,3H3. The van der Waals surface area contributed by atoms with E-state index in [1.165, 1.54) is 13.0 Å². The van der Waals surface area contributed by atoms with Crippen LogP contribution in [-0.4, -0.2) is 18.4 Å². The third kappa shape index (κ3) is 3.14. The second-order valence-electron chi connectivity index (χ2n) is 2.25. The smallest absolute Gasteiger partial charge is 0.316 e. The van der Waals surface area contributed by atoms with Gasteiger partial charge in [-0.25, -0.2) is 0 Å². The van der Waals surface area contributed by atoms with Crippen molar-refractivity contribution in [3.05, 3.63) is 25.3 Å². The van der Waals surface area contributed by atoms with Crippen molar-refractivity contribution in [2.75, 3.05) is 6.61 Å². The van der Waals surface area contributed by atoms with Crippen LogP contribution in [0, 0.1) is 5.92 Å². The molecule has 3 nitrogen and oxygen atoms in total. The van der Waals surface area contributed by atoms with Crippen LogP contribution in [0.15, 0.2) is 25.3 Å². The van der Waals surface area contributed by atoms with Crippen LogP contribution >= 0.6 is 0 Å². The Morgan fingerprint density at radius 3 is 2.50 bits per heavy atom. The van der Waals surface area contributed by atoms with E-state index in [1.807, 2.05) is 0 Å². The summed E-state index contributed by atoms with van der Waals surface area (Å²) in [6.07, 6.45) is 2.56. The molecule has 0 saturated carbocycles. The summed E-state index contributed by atoms with van der Waals surface area (Å²) >= 11 is 0. The first-order valence-electron chi connectivity index (χ1n) is 3.57. The summed E-state index contributed by atoms with van der Waals surface area (Å²) in [5.74, 6) is -1.63. The number of carbonyl (C=O) groups is 2. The number of ketones is 1. The largest absolute Gasteiger partial charge is 0.461 e. The molecule has 3 heteroatoms. The zero-order valence-electron chi connectivity index (χ0n) is 7.08. The van der Waals surface area contributed by atoms with Crippen molar-refractivity contribution in [2.45, 2.75) is 6.92 Å². The van der Waals surface area contributed by atoms with E-state index >= 15 is 0 Å². The monoisotopic (exact) mass is 168 g/mol. The Morgan fingerprint density at radius 1 is 1.50 bits per heavy atom. The number of hydrogen-bond acceptors (Lipinski definition) is 3. The van der Waals surface area contributed by atoms with Gasteiger partial charge >= 0.3 is 5.97 Å². The third-order valence-electron chi connectivity index (χ3n) is 1.32. The molecule has 0 N–H and O–H groups in total. The highest BCUT2D eigenvalue weighted by molar-refractivity contribution is 6.04. The van der Waals surface area contributed by atoms with Crippen molar-refractivity contribution in [1.29, 1.82) is 0 Å². The second-order valence-corrected chi connectivity index (χ2v) is 2.25. The first kappa shape index (κ1) is 10.6. The van der Waals surface area contributed by atoms with Gasteiger partial charge in [-0.05, 0) is 13.0 Å². The van der Waals surface area contributed by atoms with Gasteiger partial charge in [0.05, 0.1) is 0 Å². The van der Waals surface area contributed by atoms with Crippen molar-refractivity contribution in [1.82, 2.24) is 0 Å². The molecule has 0 spiro atoms. The van der Waals surface area contributed by atoms with Gasteiger partial charge < -0.3 is 4.74 Å². The van der Waals surface area contributed by atoms with Crippen LogP contribution < -0.4 is 0 Å². The highest BCUT2D eigenvalue weighted by Gasteiger charge is 2.19. The van der Waals surface area contributed by atoms with Gasteiger partial charge in [-0.3, -0.25) is 9.59 Å². The van der Waals surface area contributed by atoms with Crippen LogP contribution in [-0.2, 0) is 14.3 Å². The molecule has 0 aromatic heterocycles. The normalized spacial score (nSPS) is 11.4. The Morgan fingerprint density at radius 2 is 2.08 bits per heavy atom. The van der Waals surface area contributed by atoms with Crippen LogP contribution in [0.3, 0.4) is 0 Å². The Bertz CT molecular complexity index is 206. The first-order valence-corrected chi connectivity index (χ1v) is 3.57. The minimum absolute atomic E-state index is 0.133. The molecule has 0 aliphatic carbocycles. The van der Waals surface area contributed by atoms with E-state index in [0.717, 1.165) is 6.08 Å². The SMILES string of the molecule is C=CCOC(=O)C(C)C(=O)C=C. The molecule has 0 radical (unpaired) electrons. The van der Waals surface area contributed by atoms with Gasteiger partial charge in [0.1, 0.15) is 12.5 Å². The molecule has 0 aliphatic heterocycles. The van der Waals surface area contributed by atoms with Crippen LogP contribution in [0.4, 0.5) is 0 Å². The van der Waals surface area contributed by atoms with Gasteiger partial charge in [0.25, 0.3) is 0 Å². The summed E-state index contributed by atoms with van der Waals surface area (Å²) in [5.41, 5.74) is 0. The lowest BCUT2D eigenvalue weighted by Gasteiger charge is -2.05. The van der Waals surface area contributed by atoms with E-state index in [2.05, 4.69) is 17.9 Å². The molecule has 1 atom stereocenters. The number of allylic oxidation sites excluding steroid dienone is 1. The summed E-state index contributed by atoms with van der Waals surface area (Å²) in [5, 5.41) is 0. The zero-order valence-corrected chi connectivity index (χ0v) is 7.08. The average molecular weight is 168 g/mol. The minimum Gasteiger partial charge on any atom is -0.461 e. The first-order chi connectivity index (χ1) is 5.63. The second kappa shape index (κ2) is 5.29. The van der Waals surface area contributed by atoms with Gasteiger partial charge in [0.15, 0.2) is 5.78 Å². The molecular weight excluding hydrogens is 156 g/mol. The quantitative estimate of drug-likeness (QED) is 0.267. The average Bonchev–Trinajstić information content (AvgIpc) is 2.11. The van der Waals surface area contributed by atoms with Gasteiger partial charge in [0, 0.05) is 0 Å². The summed E-state index contributed by atoms with van der Waals surface area (Å²) < 4.78 is 4.65. The number of hydrogen-bond donors (Lipinski definition) is 0. The Balaban J connectivity index is 4.00. The number of carbonyl (C=O) groups excluding carboxylic acids is 2. The highest BCUT2D eigenvalue weighted by atomic mass is 16.5. The van der Waals surface area contributed by atoms with E-state index in [-0.39, 0.29) is 12.4 Å². The molecule has 0 rings (SSSR count). The van der Waals surface area contributed by atoms with Gasteiger partial charge in [-0.1, -0.05) is 19.2 Å². The van der Waals surface area contributed by atoms with Crippen LogP contribution in [0.2, 0.25) is 0 Å². The molecule has 1 unspecified atom stereocenters. The number of esters is 1. The lowest BCUT2D eigenvalue weighted by atomic mass is 10.1. The number of ether oxygens (including phenoxy) is 1. The molecule has 0 fully saturated rings. The summed E-state index contributed by atoms with van der Waals surface area (Å²) in [6, 6.07) is 0. The van der Waals surface area contributed by atoms with Crippen LogP contribution in [0.1, 0.15) is 6.92 Å². The number of rotatable bonds is 5. The predicted octanol–water partition coefficient (Wildman–Crippen LogP) is 1.11. The summed E-state index contributed by atoms with van der Waals surface area (Å²) in [7, 11) is 0. The maximum absolute atomic E-state index is 11.0. The topological polar surface area (TPSA) is 43.4 Å². The lowest BCUT2D eigenvalue weighted by Crippen LogP contribution is -2.21. The van der Waals surface area contributed by atoms with Crippen molar-refractivity contribution in [3.8, 4) is 0 Å². The highest BCUT2D eigenvalue weighted by Crippen LogP contribution is 2.00. The summed E-state index contributed by atoms with van der Waals surface area (Å²) in [6.45, 7) is 8.26. The molecule has 0 aromatic carbocycles. The van der Waals surface area contributed by atoms with Crippen molar-refractivity contribution in [3.63, 3.8) is 0 Å². The molecule has 0 aromatic rings. The predicted molar refractivity (Wildman–Crippen MR) is 45.5 cm³/mol. The van der Waals surface area contributed by atoms with Crippen molar-refractivity contribution in [2.24, 2.45) is 5.92 Å². The molecule has 0 aliphatic rings. The van der Waals surface area contributed by atoms with Crippen molar-refractivity contribution >= 4 is 11.8 Å². The maximum atomic E-state index is 11.0. The van der Waals surface area contributed by atoms with E-state index in [0.29, 0.717) is 0 Å². The lowest BCUT2D eigenvalue weighted by molar-refractivity contribution is -0.149. The van der Waals surface area contributed by atoms with Crippen LogP contribution in [0.25, 0.3) is 0 Å². The van der Waals surface area contributed by atoms with Gasteiger partial charge in [-0.2, -0.15) is 0 Å². The fourth-order valence-electron chi connectivity index (χ4n) is 0.559. The molecule has 0 saturated heterocycles. The fourth-order valence-corrected chi connectivity index (χ4v) is 0.559. The fraction of sp³-hybridized carbons (Fsp3) is 0.333. The molecule has 0 bridgehead atoms. The molecular formula is C9H12O3. The van der Waals surface area contributed by atoms with E-state index < -0.39 is 11.9 Å². The Hall–Kier alpha value is -1.38. The van der Waals surface area contributed by atoms with Crippen molar-refractivity contribution < 1.29 is 14.3 Å². The molecule has 12 heavy (non-hydrogen) atoms. The molecule has 66 valence electrons. The molecule has 0 amide bonds. The van der Waals surface area contributed by atoms with E-state index in [1.54, 1.807) is 0 Å². The maximum Gasteiger partial charge on any atom is 0.316 e. The summed E-state index contributed by atoms with van der Waals surface area (Å²) in [4.78, 5) is 21.8. The molecule has 0 heterocycles.